The van der Waals surface area contributed by atoms with Crippen LogP contribution in [0.4, 0.5) is 5.95 Å². The quantitative estimate of drug-likeness (QED) is 0.725. The minimum absolute atomic E-state index is 0.622. The van der Waals surface area contributed by atoms with Gasteiger partial charge in [-0.25, -0.2) is 14.6 Å². The largest absolute Gasteiger partial charge is 0.497 e. The molecule has 5 rings (SSSR count). The third-order valence-corrected chi connectivity index (χ3v) is 5.52. The van der Waals surface area contributed by atoms with Crippen LogP contribution in [0.15, 0.2) is 48.9 Å². The lowest BCUT2D eigenvalue weighted by Gasteiger charge is -2.26. The Morgan fingerprint density at radius 2 is 2.00 bits per heavy atom. The normalized spacial score (nSPS) is 21.3. The highest BCUT2D eigenvalue weighted by Gasteiger charge is 2.39. The highest BCUT2D eigenvalue weighted by molar-refractivity contribution is 5.59. The molecule has 3 heterocycles. The van der Waals surface area contributed by atoms with E-state index in [4.69, 9.17) is 9.72 Å². The number of hydrogen-bond acceptors (Lipinski definition) is 5. The Bertz CT molecular complexity index is 920. The lowest BCUT2D eigenvalue weighted by Crippen LogP contribution is -2.33. The van der Waals surface area contributed by atoms with Crippen molar-refractivity contribution in [2.75, 3.05) is 18.6 Å². The molecule has 0 spiro atoms. The first kappa shape index (κ1) is 15.4. The van der Waals surface area contributed by atoms with Crippen molar-refractivity contribution in [3.05, 3.63) is 48.9 Å². The number of methoxy groups -OCH3 is 1. The van der Waals surface area contributed by atoms with E-state index in [1.807, 2.05) is 53.6 Å². The van der Waals surface area contributed by atoms with Crippen LogP contribution in [0.1, 0.15) is 19.3 Å². The summed E-state index contributed by atoms with van der Waals surface area (Å²) >= 11 is 0. The molecule has 1 saturated carbocycles. The Balaban J connectivity index is 1.42. The number of aromatic nitrogens is 4. The van der Waals surface area contributed by atoms with Gasteiger partial charge < -0.3 is 9.64 Å². The van der Waals surface area contributed by atoms with Gasteiger partial charge in [0.15, 0.2) is 0 Å². The van der Waals surface area contributed by atoms with E-state index < -0.39 is 0 Å². The van der Waals surface area contributed by atoms with E-state index in [-0.39, 0.29) is 0 Å². The summed E-state index contributed by atoms with van der Waals surface area (Å²) in [5.74, 6) is 2.51. The Hall–Kier alpha value is -2.89. The van der Waals surface area contributed by atoms with E-state index in [1.54, 1.807) is 7.11 Å². The van der Waals surface area contributed by atoms with Gasteiger partial charge in [-0.1, -0.05) is 0 Å². The number of ether oxygens (including phenoxy) is 1. The van der Waals surface area contributed by atoms with Crippen LogP contribution >= 0.6 is 0 Å². The molecule has 0 N–H and O–H groups in total. The summed E-state index contributed by atoms with van der Waals surface area (Å²) in [7, 11) is 1.67. The second kappa shape index (κ2) is 6.12. The fraction of sp³-hybridized carbons (Fsp3) is 0.350. The number of fused-ring (bicyclic) bond motifs is 2. The van der Waals surface area contributed by atoms with Crippen molar-refractivity contribution < 1.29 is 4.74 Å². The van der Waals surface area contributed by atoms with Gasteiger partial charge in [0.05, 0.1) is 24.7 Å². The average Bonchev–Trinajstić information content (AvgIpc) is 3.45. The molecule has 0 unspecified atom stereocenters. The molecule has 2 aromatic heterocycles. The zero-order chi connectivity index (χ0) is 17.5. The lowest BCUT2D eigenvalue weighted by atomic mass is 10.1. The molecular formula is C20H21N5O. The van der Waals surface area contributed by atoms with Gasteiger partial charge in [0.25, 0.3) is 0 Å². The number of benzene rings is 1. The Kier molecular flexibility index (Phi) is 3.62. The van der Waals surface area contributed by atoms with Crippen molar-refractivity contribution in [2.24, 2.45) is 5.92 Å². The van der Waals surface area contributed by atoms with Gasteiger partial charge in [0.2, 0.25) is 5.95 Å². The third-order valence-electron chi connectivity index (χ3n) is 5.52. The lowest BCUT2D eigenvalue weighted by molar-refractivity contribution is 0.414. The molecule has 2 bridgehead atoms. The van der Waals surface area contributed by atoms with Crippen LogP contribution in [0.2, 0.25) is 0 Å². The first-order chi connectivity index (χ1) is 12.8. The van der Waals surface area contributed by atoms with Crippen LogP contribution in [-0.2, 0) is 0 Å². The molecule has 6 nitrogen and oxygen atoms in total. The van der Waals surface area contributed by atoms with Crippen LogP contribution in [0.3, 0.4) is 0 Å². The van der Waals surface area contributed by atoms with Crippen molar-refractivity contribution in [3.63, 3.8) is 0 Å². The fourth-order valence-electron chi connectivity index (χ4n) is 4.15. The first-order valence-electron chi connectivity index (χ1n) is 9.09. The number of nitrogens with zero attached hydrogens (tertiary/aromatic N) is 5. The minimum atomic E-state index is 0.622. The summed E-state index contributed by atoms with van der Waals surface area (Å²) in [5.41, 5.74) is 2.90. The van der Waals surface area contributed by atoms with E-state index in [0.29, 0.717) is 6.04 Å². The van der Waals surface area contributed by atoms with Crippen LogP contribution in [-0.4, -0.2) is 39.4 Å². The molecule has 2 fully saturated rings. The molecule has 0 amide bonds. The van der Waals surface area contributed by atoms with Gasteiger partial charge in [-0.3, -0.25) is 0 Å². The Morgan fingerprint density at radius 1 is 1.12 bits per heavy atom. The number of anilines is 1. The first-order valence-corrected chi connectivity index (χ1v) is 9.09. The van der Waals surface area contributed by atoms with E-state index in [9.17, 15) is 0 Å². The van der Waals surface area contributed by atoms with Crippen molar-refractivity contribution in [1.29, 1.82) is 0 Å². The summed E-state index contributed by atoms with van der Waals surface area (Å²) in [5, 5.41) is 4.49. The topological polar surface area (TPSA) is 56.1 Å². The number of hydrogen-bond donors (Lipinski definition) is 0. The van der Waals surface area contributed by atoms with Gasteiger partial charge in [0, 0.05) is 30.5 Å². The summed E-state index contributed by atoms with van der Waals surface area (Å²) in [6.07, 6.45) is 9.64. The molecule has 2 atom stereocenters. The molecule has 2 aliphatic rings. The molecule has 0 radical (unpaired) electrons. The maximum atomic E-state index is 5.21. The zero-order valence-electron chi connectivity index (χ0n) is 14.7. The monoisotopic (exact) mass is 347 g/mol. The van der Waals surface area contributed by atoms with Crippen molar-refractivity contribution in [1.82, 2.24) is 19.7 Å². The molecular weight excluding hydrogens is 326 g/mol. The predicted molar refractivity (Wildman–Crippen MR) is 99.6 cm³/mol. The standard InChI is InChI=1S/C20H21N5O/c1-26-18-6-4-16(5-7-18)25-13-15(11-22-25)19-8-9-21-20(23-19)24-12-14-2-3-17(24)10-14/h4-9,11,13-14,17H,2-3,10,12H2,1H3/t14-,17-/m0/s1. The molecule has 132 valence electrons. The van der Waals surface area contributed by atoms with Gasteiger partial charge in [-0.05, 0) is 55.5 Å². The van der Waals surface area contributed by atoms with Gasteiger partial charge in [0.1, 0.15) is 5.75 Å². The predicted octanol–water partition coefficient (Wildman–Crippen LogP) is 3.33. The molecule has 1 aliphatic heterocycles. The van der Waals surface area contributed by atoms with E-state index in [0.717, 1.165) is 41.1 Å². The third kappa shape index (κ3) is 2.62. The molecule has 26 heavy (non-hydrogen) atoms. The van der Waals surface area contributed by atoms with Crippen LogP contribution in [0.5, 0.6) is 5.75 Å². The zero-order valence-corrected chi connectivity index (χ0v) is 14.7. The smallest absolute Gasteiger partial charge is 0.226 e. The Morgan fingerprint density at radius 3 is 2.73 bits per heavy atom. The second-order valence-corrected chi connectivity index (χ2v) is 7.10. The Labute approximate surface area is 152 Å². The van der Waals surface area contributed by atoms with Crippen LogP contribution in [0, 0.1) is 5.92 Å². The molecule has 1 aliphatic carbocycles. The summed E-state index contributed by atoms with van der Waals surface area (Å²) in [6, 6.07) is 10.4. The van der Waals surface area contributed by atoms with E-state index in [1.165, 1.54) is 19.3 Å². The van der Waals surface area contributed by atoms with Crippen molar-refractivity contribution in [2.45, 2.75) is 25.3 Å². The summed E-state index contributed by atoms with van der Waals surface area (Å²) < 4.78 is 7.07. The average molecular weight is 347 g/mol. The van der Waals surface area contributed by atoms with E-state index in [2.05, 4.69) is 15.0 Å². The SMILES string of the molecule is COc1ccc(-n2cc(-c3ccnc(N4C[C@H]5CC[C@H]4C5)n3)cn2)cc1. The van der Waals surface area contributed by atoms with Crippen molar-refractivity contribution >= 4 is 5.95 Å². The van der Waals surface area contributed by atoms with Crippen LogP contribution in [0.25, 0.3) is 16.9 Å². The second-order valence-electron chi connectivity index (χ2n) is 7.10. The molecule has 6 heteroatoms. The van der Waals surface area contributed by atoms with Crippen molar-refractivity contribution in [3.8, 4) is 22.7 Å². The minimum Gasteiger partial charge on any atom is -0.497 e. The van der Waals surface area contributed by atoms with Gasteiger partial charge in [-0.15, -0.1) is 0 Å². The molecule has 1 aromatic carbocycles. The summed E-state index contributed by atoms with van der Waals surface area (Å²) in [6.45, 7) is 1.10. The fourth-order valence-corrected chi connectivity index (χ4v) is 4.15. The van der Waals surface area contributed by atoms with E-state index >= 15 is 0 Å². The number of rotatable bonds is 4. The highest BCUT2D eigenvalue weighted by Crippen LogP contribution is 2.39. The van der Waals surface area contributed by atoms with Crippen LogP contribution < -0.4 is 9.64 Å². The summed E-state index contributed by atoms with van der Waals surface area (Å²) in [4.78, 5) is 11.7. The maximum absolute atomic E-state index is 5.21. The molecule has 3 aromatic rings. The van der Waals surface area contributed by atoms with Gasteiger partial charge in [-0.2, -0.15) is 5.10 Å². The maximum Gasteiger partial charge on any atom is 0.226 e. The number of piperidine rings is 1. The highest BCUT2D eigenvalue weighted by atomic mass is 16.5. The van der Waals surface area contributed by atoms with Gasteiger partial charge >= 0.3 is 0 Å². The molecule has 1 saturated heterocycles.